The summed E-state index contributed by atoms with van der Waals surface area (Å²) >= 11 is 5.79. The Morgan fingerprint density at radius 1 is 1.14 bits per heavy atom. The molecule has 0 aliphatic carbocycles. The summed E-state index contributed by atoms with van der Waals surface area (Å²) in [4.78, 5) is 24.2. The summed E-state index contributed by atoms with van der Waals surface area (Å²) < 4.78 is 0. The number of hydrogen-bond donors (Lipinski definition) is 3. The fraction of sp³-hybridized carbons (Fsp3) is 0.125. The minimum absolute atomic E-state index is 0.0876. The van der Waals surface area contributed by atoms with E-state index in [-0.39, 0.29) is 22.2 Å². The largest absolute Gasteiger partial charge is 0.506 e. The number of hydrogen-bond acceptors (Lipinski definition) is 3. The van der Waals surface area contributed by atoms with Crippen LogP contribution in [0.5, 0.6) is 5.75 Å². The Morgan fingerprint density at radius 3 is 2.55 bits per heavy atom. The van der Waals surface area contributed by atoms with E-state index >= 15 is 0 Å². The zero-order chi connectivity index (χ0) is 16.1. The number of para-hydroxylation sites is 1. The van der Waals surface area contributed by atoms with Crippen LogP contribution in [0.25, 0.3) is 0 Å². The van der Waals surface area contributed by atoms with Gasteiger partial charge in [0.25, 0.3) is 11.8 Å². The number of benzene rings is 2. The first-order valence-electron chi connectivity index (χ1n) is 6.70. The number of phenols is 1. The third-order valence-electron chi connectivity index (χ3n) is 2.97. The van der Waals surface area contributed by atoms with Gasteiger partial charge in [0.1, 0.15) is 5.75 Å². The lowest BCUT2D eigenvalue weighted by atomic mass is 10.1. The van der Waals surface area contributed by atoms with Crippen molar-refractivity contribution in [1.29, 1.82) is 0 Å². The number of amides is 2. The highest BCUT2D eigenvalue weighted by Crippen LogP contribution is 2.24. The molecule has 5 nitrogen and oxygen atoms in total. The Morgan fingerprint density at radius 2 is 1.86 bits per heavy atom. The Kier molecular flexibility index (Phi) is 5.01. The minimum atomic E-state index is -0.418. The Labute approximate surface area is 132 Å². The molecular formula is C16H15ClN2O3. The Hall–Kier alpha value is -2.53. The van der Waals surface area contributed by atoms with Gasteiger partial charge in [-0.15, -0.1) is 0 Å². The Bertz CT molecular complexity index is 716. The second-order valence-corrected chi connectivity index (χ2v) is 4.93. The first-order chi connectivity index (χ1) is 10.5. The van der Waals surface area contributed by atoms with Gasteiger partial charge in [0.15, 0.2) is 0 Å². The second-order valence-electron chi connectivity index (χ2n) is 4.53. The van der Waals surface area contributed by atoms with E-state index in [4.69, 9.17) is 11.6 Å². The molecule has 0 unspecified atom stereocenters. The van der Waals surface area contributed by atoms with Gasteiger partial charge in [-0.25, -0.2) is 0 Å². The molecule has 2 amide bonds. The number of carbonyl (C=O) groups is 2. The van der Waals surface area contributed by atoms with E-state index in [1.807, 2.05) is 6.92 Å². The first-order valence-corrected chi connectivity index (χ1v) is 7.07. The van der Waals surface area contributed by atoms with Crippen LogP contribution in [-0.4, -0.2) is 23.5 Å². The first kappa shape index (κ1) is 15.9. The maximum absolute atomic E-state index is 12.2. The quantitative estimate of drug-likeness (QED) is 0.810. The van der Waals surface area contributed by atoms with Crippen LogP contribution in [-0.2, 0) is 0 Å². The average Bonchev–Trinajstić information content (AvgIpc) is 2.50. The van der Waals surface area contributed by atoms with Gasteiger partial charge < -0.3 is 15.7 Å². The molecule has 0 saturated carbocycles. The molecular weight excluding hydrogens is 304 g/mol. The van der Waals surface area contributed by atoms with Crippen molar-refractivity contribution in [2.24, 2.45) is 0 Å². The van der Waals surface area contributed by atoms with Crippen LogP contribution in [0.1, 0.15) is 27.6 Å². The van der Waals surface area contributed by atoms with Gasteiger partial charge in [-0.05, 0) is 37.3 Å². The molecule has 0 heterocycles. The predicted molar refractivity (Wildman–Crippen MR) is 85.5 cm³/mol. The van der Waals surface area contributed by atoms with Crippen molar-refractivity contribution < 1.29 is 14.7 Å². The van der Waals surface area contributed by atoms with Gasteiger partial charge in [-0.3, -0.25) is 9.59 Å². The number of phenolic OH excluding ortho intramolecular Hbond substituents is 1. The maximum Gasteiger partial charge on any atom is 0.255 e. The SMILES string of the molecule is CCNC(=O)c1ccccc1NC(=O)c1ccc(O)c(Cl)c1. The van der Waals surface area contributed by atoms with Crippen molar-refractivity contribution in [1.82, 2.24) is 5.32 Å². The van der Waals surface area contributed by atoms with Crippen molar-refractivity contribution in [2.75, 3.05) is 11.9 Å². The van der Waals surface area contributed by atoms with Crippen molar-refractivity contribution in [3.05, 3.63) is 58.6 Å². The molecule has 0 saturated heterocycles. The summed E-state index contributed by atoms with van der Waals surface area (Å²) in [5, 5.41) is 14.8. The monoisotopic (exact) mass is 318 g/mol. The highest BCUT2D eigenvalue weighted by atomic mass is 35.5. The lowest BCUT2D eigenvalue weighted by Gasteiger charge is -2.11. The molecule has 0 bridgehead atoms. The molecule has 0 aliphatic heterocycles. The fourth-order valence-electron chi connectivity index (χ4n) is 1.89. The molecule has 114 valence electrons. The zero-order valence-corrected chi connectivity index (χ0v) is 12.6. The van der Waals surface area contributed by atoms with Crippen LogP contribution in [0.4, 0.5) is 5.69 Å². The molecule has 0 aromatic heterocycles. The summed E-state index contributed by atoms with van der Waals surface area (Å²) in [7, 11) is 0. The van der Waals surface area contributed by atoms with Crippen molar-refractivity contribution >= 4 is 29.1 Å². The van der Waals surface area contributed by atoms with Gasteiger partial charge in [0.05, 0.1) is 16.3 Å². The van der Waals surface area contributed by atoms with Crippen LogP contribution < -0.4 is 10.6 Å². The van der Waals surface area contributed by atoms with Crippen LogP contribution in [0.2, 0.25) is 5.02 Å². The fourth-order valence-corrected chi connectivity index (χ4v) is 2.07. The molecule has 0 spiro atoms. The molecule has 2 rings (SSSR count). The molecule has 2 aromatic carbocycles. The molecule has 6 heteroatoms. The highest BCUT2D eigenvalue weighted by Gasteiger charge is 2.14. The minimum Gasteiger partial charge on any atom is -0.506 e. The molecule has 0 fully saturated rings. The predicted octanol–water partition coefficient (Wildman–Crippen LogP) is 3.05. The summed E-state index contributed by atoms with van der Waals surface area (Å²) in [6, 6.07) is 10.9. The summed E-state index contributed by atoms with van der Waals surface area (Å²) in [5.74, 6) is -0.776. The summed E-state index contributed by atoms with van der Waals surface area (Å²) in [6.07, 6.45) is 0. The topological polar surface area (TPSA) is 78.4 Å². The third-order valence-corrected chi connectivity index (χ3v) is 3.27. The zero-order valence-electron chi connectivity index (χ0n) is 11.9. The molecule has 22 heavy (non-hydrogen) atoms. The van der Waals surface area contributed by atoms with Crippen LogP contribution in [0.15, 0.2) is 42.5 Å². The van der Waals surface area contributed by atoms with Crippen molar-refractivity contribution in [2.45, 2.75) is 6.92 Å². The summed E-state index contributed by atoms with van der Waals surface area (Å²) in [5.41, 5.74) is 1.07. The number of rotatable bonds is 4. The molecule has 0 atom stereocenters. The second kappa shape index (κ2) is 6.95. The highest BCUT2D eigenvalue weighted by molar-refractivity contribution is 6.32. The number of anilines is 1. The Balaban J connectivity index is 2.25. The van der Waals surface area contributed by atoms with E-state index in [2.05, 4.69) is 10.6 Å². The van der Waals surface area contributed by atoms with Gasteiger partial charge in [-0.2, -0.15) is 0 Å². The number of halogens is 1. The van der Waals surface area contributed by atoms with Crippen LogP contribution in [0.3, 0.4) is 0 Å². The summed E-state index contributed by atoms with van der Waals surface area (Å²) in [6.45, 7) is 2.31. The van der Waals surface area contributed by atoms with E-state index in [0.29, 0.717) is 17.8 Å². The van der Waals surface area contributed by atoms with E-state index < -0.39 is 5.91 Å². The standard InChI is InChI=1S/C16H15ClN2O3/c1-2-18-16(22)11-5-3-4-6-13(11)19-15(21)10-7-8-14(20)12(17)9-10/h3-9,20H,2H2,1H3,(H,18,22)(H,19,21). The van der Waals surface area contributed by atoms with Gasteiger partial charge in [0.2, 0.25) is 0 Å². The smallest absolute Gasteiger partial charge is 0.255 e. The van der Waals surface area contributed by atoms with E-state index in [0.717, 1.165) is 0 Å². The number of aromatic hydroxyl groups is 1. The molecule has 0 aliphatic rings. The van der Waals surface area contributed by atoms with E-state index in [1.165, 1.54) is 18.2 Å². The molecule has 2 aromatic rings. The van der Waals surface area contributed by atoms with E-state index in [9.17, 15) is 14.7 Å². The molecule has 0 radical (unpaired) electrons. The van der Waals surface area contributed by atoms with Crippen molar-refractivity contribution in [3.8, 4) is 5.75 Å². The average molecular weight is 319 g/mol. The lowest BCUT2D eigenvalue weighted by molar-refractivity contribution is 0.0956. The normalized spacial score (nSPS) is 10.1. The van der Waals surface area contributed by atoms with Crippen LogP contribution in [0, 0.1) is 0 Å². The van der Waals surface area contributed by atoms with Gasteiger partial charge in [-0.1, -0.05) is 23.7 Å². The molecule has 3 N–H and O–H groups in total. The van der Waals surface area contributed by atoms with Crippen LogP contribution >= 0.6 is 11.6 Å². The van der Waals surface area contributed by atoms with Gasteiger partial charge in [0, 0.05) is 12.1 Å². The van der Waals surface area contributed by atoms with Gasteiger partial charge >= 0.3 is 0 Å². The van der Waals surface area contributed by atoms with Crippen molar-refractivity contribution in [3.63, 3.8) is 0 Å². The third kappa shape index (κ3) is 3.56. The number of carbonyl (C=O) groups excluding carboxylic acids is 2. The maximum atomic E-state index is 12.2. The number of nitrogens with one attached hydrogen (secondary N) is 2. The lowest BCUT2D eigenvalue weighted by Crippen LogP contribution is -2.24. The van der Waals surface area contributed by atoms with E-state index in [1.54, 1.807) is 24.3 Å².